The van der Waals surface area contributed by atoms with Gasteiger partial charge in [-0.1, -0.05) is 41.9 Å². The van der Waals surface area contributed by atoms with Gasteiger partial charge in [0.15, 0.2) is 11.5 Å². The quantitative estimate of drug-likeness (QED) is 0.399. The molecule has 0 unspecified atom stereocenters. The van der Waals surface area contributed by atoms with Crippen molar-refractivity contribution in [1.82, 2.24) is 18.9 Å². The molecule has 0 aliphatic carbocycles. The van der Waals surface area contributed by atoms with Gasteiger partial charge in [-0.05, 0) is 24.6 Å². The molecule has 0 N–H and O–H groups in total. The van der Waals surface area contributed by atoms with Crippen LogP contribution < -0.4 is 4.90 Å². The Bertz CT molecular complexity index is 1410. The van der Waals surface area contributed by atoms with Gasteiger partial charge in [0.05, 0.1) is 25.0 Å². The van der Waals surface area contributed by atoms with Crippen LogP contribution in [0.5, 0.6) is 0 Å². The zero-order valence-electron chi connectivity index (χ0n) is 17.9. The molecule has 0 bridgehead atoms. The number of anilines is 1. The van der Waals surface area contributed by atoms with Crippen LogP contribution in [-0.4, -0.2) is 53.1 Å². The van der Waals surface area contributed by atoms with Crippen LogP contribution >= 0.6 is 11.6 Å². The molecule has 10 heteroatoms. The summed E-state index contributed by atoms with van der Waals surface area (Å²) in [6, 6.07) is 14.4. The van der Waals surface area contributed by atoms with E-state index in [2.05, 4.69) is 21.8 Å². The number of morpholine rings is 1. The highest BCUT2D eigenvalue weighted by Gasteiger charge is 2.23. The molecule has 1 atom stereocenters. The van der Waals surface area contributed by atoms with E-state index in [0.717, 1.165) is 0 Å². The van der Waals surface area contributed by atoms with Crippen LogP contribution in [0.25, 0.3) is 22.4 Å². The molecule has 3 aromatic heterocycles. The third-order valence-corrected chi connectivity index (χ3v) is 7.42. The van der Waals surface area contributed by atoms with Crippen molar-refractivity contribution in [3.05, 3.63) is 71.6 Å². The Morgan fingerprint density at radius 2 is 1.97 bits per heavy atom. The molecule has 1 aliphatic rings. The third-order valence-electron chi connectivity index (χ3n) is 5.63. The van der Waals surface area contributed by atoms with Crippen molar-refractivity contribution < 1.29 is 13.2 Å². The lowest BCUT2D eigenvalue weighted by Crippen LogP contribution is -2.44. The van der Waals surface area contributed by atoms with Gasteiger partial charge in [0.2, 0.25) is 10.0 Å². The van der Waals surface area contributed by atoms with Crippen molar-refractivity contribution in [2.45, 2.75) is 18.7 Å². The van der Waals surface area contributed by atoms with Crippen LogP contribution in [0.1, 0.15) is 12.5 Å². The normalized spacial score (nSPS) is 16.9. The molecular formula is C23H22ClN5O3S. The maximum Gasteiger partial charge on any atom is 0.244 e. The summed E-state index contributed by atoms with van der Waals surface area (Å²) >= 11 is 6.36. The van der Waals surface area contributed by atoms with Crippen LogP contribution in [0.2, 0.25) is 5.15 Å². The zero-order chi connectivity index (χ0) is 23.0. The number of nitrogens with zero attached hydrogens (tertiary/aromatic N) is 5. The SMILES string of the molecule is C[C@@H]1COCCN1c1cc(Cl)nc(-c2ccnc3c2ccn3S(=O)(=O)Cc2ccccc2)n1. The minimum absolute atomic E-state index is 0.129. The van der Waals surface area contributed by atoms with E-state index in [1.807, 2.05) is 18.2 Å². The van der Waals surface area contributed by atoms with E-state index in [1.165, 1.54) is 10.2 Å². The molecule has 1 aliphatic heterocycles. The van der Waals surface area contributed by atoms with Crippen LogP contribution in [0.4, 0.5) is 5.82 Å². The first-order valence-electron chi connectivity index (χ1n) is 10.5. The first-order valence-corrected chi connectivity index (χ1v) is 12.5. The summed E-state index contributed by atoms with van der Waals surface area (Å²) in [6.07, 6.45) is 3.09. The molecule has 0 spiro atoms. The molecule has 8 nitrogen and oxygen atoms in total. The summed E-state index contributed by atoms with van der Waals surface area (Å²) in [7, 11) is -3.67. The van der Waals surface area contributed by atoms with E-state index in [4.69, 9.17) is 21.3 Å². The standard InChI is InChI=1S/C23H22ClN5O3S/c1-16-14-32-12-11-28(16)21-13-20(24)26-22(27-21)18-7-9-25-23-19(18)8-10-29(23)33(30,31)15-17-5-3-2-4-6-17/h2-10,13,16H,11-12,14-15H2,1H3/t16-/m1/s1. The largest absolute Gasteiger partial charge is 0.377 e. The molecule has 4 aromatic rings. The van der Waals surface area contributed by atoms with Crippen LogP contribution in [0, 0.1) is 0 Å². The van der Waals surface area contributed by atoms with Gasteiger partial charge in [0.25, 0.3) is 0 Å². The van der Waals surface area contributed by atoms with Gasteiger partial charge in [0.1, 0.15) is 11.0 Å². The van der Waals surface area contributed by atoms with Gasteiger partial charge in [-0.2, -0.15) is 0 Å². The maximum atomic E-state index is 13.1. The monoisotopic (exact) mass is 483 g/mol. The number of rotatable bonds is 5. The average Bonchev–Trinajstić information content (AvgIpc) is 3.25. The Kier molecular flexibility index (Phi) is 5.77. The molecule has 5 rings (SSSR count). The van der Waals surface area contributed by atoms with Gasteiger partial charge in [0, 0.05) is 36.0 Å². The number of halogens is 1. The summed E-state index contributed by atoms with van der Waals surface area (Å²) in [5, 5.41) is 0.951. The predicted octanol–water partition coefficient (Wildman–Crippen LogP) is 3.75. The van der Waals surface area contributed by atoms with E-state index in [9.17, 15) is 8.42 Å². The molecule has 0 saturated carbocycles. The number of hydrogen-bond acceptors (Lipinski definition) is 7. The third kappa shape index (κ3) is 4.31. The fourth-order valence-corrected chi connectivity index (χ4v) is 5.62. The van der Waals surface area contributed by atoms with E-state index in [0.29, 0.717) is 58.7 Å². The molecule has 33 heavy (non-hydrogen) atoms. The lowest BCUT2D eigenvalue weighted by molar-refractivity contribution is 0.0985. The molecule has 4 heterocycles. The minimum atomic E-state index is -3.67. The Hall–Kier alpha value is -3.01. The van der Waals surface area contributed by atoms with Crippen LogP contribution in [-0.2, 0) is 20.5 Å². The highest BCUT2D eigenvalue weighted by atomic mass is 35.5. The molecule has 0 radical (unpaired) electrons. The number of aromatic nitrogens is 4. The molecular weight excluding hydrogens is 462 g/mol. The van der Waals surface area contributed by atoms with E-state index in [1.54, 1.807) is 36.5 Å². The summed E-state index contributed by atoms with van der Waals surface area (Å²) in [6.45, 7) is 3.99. The molecule has 170 valence electrons. The first-order chi connectivity index (χ1) is 15.9. The van der Waals surface area contributed by atoms with Crippen LogP contribution in [0.3, 0.4) is 0 Å². The lowest BCUT2D eigenvalue weighted by Gasteiger charge is -2.34. The summed E-state index contributed by atoms with van der Waals surface area (Å²) in [5.74, 6) is 1.000. The van der Waals surface area contributed by atoms with E-state index < -0.39 is 10.0 Å². The van der Waals surface area contributed by atoms with Gasteiger partial charge in [-0.3, -0.25) is 0 Å². The first kappa shape index (κ1) is 21.8. The summed E-state index contributed by atoms with van der Waals surface area (Å²) in [4.78, 5) is 15.7. The highest BCUT2D eigenvalue weighted by Crippen LogP contribution is 2.30. The fraction of sp³-hybridized carbons (Fsp3) is 0.261. The second-order valence-corrected chi connectivity index (χ2v) is 10.2. The topological polar surface area (TPSA) is 90.2 Å². The van der Waals surface area contributed by atoms with Gasteiger partial charge < -0.3 is 9.64 Å². The van der Waals surface area contributed by atoms with Crippen molar-refractivity contribution in [3.63, 3.8) is 0 Å². The van der Waals surface area contributed by atoms with Gasteiger partial charge in [-0.25, -0.2) is 27.3 Å². The summed E-state index contributed by atoms with van der Waals surface area (Å²) < 4.78 is 33.0. The van der Waals surface area contributed by atoms with Crippen molar-refractivity contribution >= 4 is 38.5 Å². The molecule has 1 fully saturated rings. The number of ether oxygens (including phenoxy) is 1. The Balaban J connectivity index is 1.56. The number of fused-ring (bicyclic) bond motifs is 1. The number of pyridine rings is 1. The Labute approximate surface area is 196 Å². The van der Waals surface area contributed by atoms with Crippen LogP contribution in [0.15, 0.2) is 60.9 Å². The number of hydrogen-bond donors (Lipinski definition) is 0. The smallest absolute Gasteiger partial charge is 0.244 e. The lowest BCUT2D eigenvalue weighted by atomic mass is 10.1. The minimum Gasteiger partial charge on any atom is -0.377 e. The molecule has 1 aromatic carbocycles. The molecule has 1 saturated heterocycles. The Morgan fingerprint density at radius 1 is 1.15 bits per heavy atom. The molecule has 0 amide bonds. The number of benzene rings is 1. The Morgan fingerprint density at radius 3 is 2.76 bits per heavy atom. The average molecular weight is 484 g/mol. The van der Waals surface area contributed by atoms with Gasteiger partial charge in [-0.15, -0.1) is 0 Å². The zero-order valence-corrected chi connectivity index (χ0v) is 19.5. The van der Waals surface area contributed by atoms with Crippen molar-refractivity contribution in [2.75, 3.05) is 24.7 Å². The maximum absolute atomic E-state index is 13.1. The van der Waals surface area contributed by atoms with E-state index in [-0.39, 0.29) is 11.8 Å². The van der Waals surface area contributed by atoms with Crippen molar-refractivity contribution in [3.8, 4) is 11.4 Å². The van der Waals surface area contributed by atoms with Crippen molar-refractivity contribution in [1.29, 1.82) is 0 Å². The van der Waals surface area contributed by atoms with E-state index >= 15 is 0 Å². The second-order valence-electron chi connectivity index (χ2n) is 7.94. The fourth-order valence-electron chi connectivity index (χ4n) is 4.03. The van der Waals surface area contributed by atoms with Crippen molar-refractivity contribution in [2.24, 2.45) is 0 Å². The second kappa shape index (κ2) is 8.74. The predicted molar refractivity (Wildman–Crippen MR) is 128 cm³/mol. The highest BCUT2D eigenvalue weighted by molar-refractivity contribution is 7.89. The summed E-state index contributed by atoms with van der Waals surface area (Å²) in [5.41, 5.74) is 1.70. The van der Waals surface area contributed by atoms with Gasteiger partial charge >= 0.3 is 0 Å².